The molecule has 7 aromatic rings. The van der Waals surface area contributed by atoms with Crippen LogP contribution in [0.3, 0.4) is 0 Å². The zero-order valence-corrected chi connectivity index (χ0v) is 35.6. The number of para-hydroxylation sites is 1. The van der Waals surface area contributed by atoms with Crippen molar-refractivity contribution in [1.82, 2.24) is 25.3 Å². The third kappa shape index (κ3) is 9.35. The number of hydrogen-bond acceptors (Lipinski definition) is 11. The largest absolute Gasteiger partial charge is 0.494 e. The van der Waals surface area contributed by atoms with Crippen molar-refractivity contribution >= 4 is 97.6 Å². The molecule has 0 saturated heterocycles. The summed E-state index contributed by atoms with van der Waals surface area (Å²) in [7, 11) is 0. The lowest BCUT2D eigenvalue weighted by atomic mass is 10.0. The van der Waals surface area contributed by atoms with Gasteiger partial charge in [-0.25, -0.2) is 9.79 Å². The predicted molar refractivity (Wildman–Crippen MR) is 239 cm³/mol. The first-order chi connectivity index (χ1) is 30.2. The Morgan fingerprint density at radius 1 is 0.984 bits per heavy atom. The number of fused-ring (bicyclic) bond motifs is 2. The molecule has 3 aromatic heterocycles. The van der Waals surface area contributed by atoms with Crippen molar-refractivity contribution in [3.05, 3.63) is 152 Å². The molecule has 14 nitrogen and oxygen atoms in total. The molecule has 0 aliphatic carbocycles. The number of oxime groups is 1. The molecule has 4 heterocycles. The van der Waals surface area contributed by atoms with Crippen LogP contribution in [-0.4, -0.2) is 66.7 Å². The summed E-state index contributed by atoms with van der Waals surface area (Å²) in [6, 6.07) is 29.6. The predicted octanol–water partition coefficient (Wildman–Crippen LogP) is 8.56. The quantitative estimate of drug-likeness (QED) is 0.0491. The topological polar surface area (TPSA) is 176 Å². The molecule has 4 aromatic carbocycles. The summed E-state index contributed by atoms with van der Waals surface area (Å²) in [5.41, 5.74) is 4.64. The van der Waals surface area contributed by atoms with Crippen molar-refractivity contribution in [2.24, 2.45) is 10.1 Å². The van der Waals surface area contributed by atoms with Gasteiger partial charge in [-0.2, -0.15) is 0 Å². The summed E-state index contributed by atoms with van der Waals surface area (Å²) in [5, 5.41) is 29.4. The zero-order chi connectivity index (χ0) is 43.2. The van der Waals surface area contributed by atoms with E-state index in [0.29, 0.717) is 73.4 Å². The summed E-state index contributed by atoms with van der Waals surface area (Å²) in [4.78, 5) is 55.1. The van der Waals surface area contributed by atoms with Gasteiger partial charge in [0.15, 0.2) is 5.88 Å². The first-order valence-corrected chi connectivity index (χ1v) is 21.3. The van der Waals surface area contributed by atoms with Gasteiger partial charge in [0.05, 0.1) is 35.4 Å². The van der Waals surface area contributed by atoms with Gasteiger partial charge >= 0.3 is 5.97 Å². The molecule has 1 aliphatic heterocycles. The van der Waals surface area contributed by atoms with Crippen LogP contribution in [0.5, 0.6) is 11.6 Å². The molecule has 0 saturated carbocycles. The van der Waals surface area contributed by atoms with Crippen LogP contribution in [0, 0.1) is 0 Å². The van der Waals surface area contributed by atoms with E-state index in [4.69, 9.17) is 44.4 Å². The van der Waals surface area contributed by atoms with E-state index in [9.17, 15) is 19.5 Å². The third-order valence-electron chi connectivity index (χ3n) is 9.79. The van der Waals surface area contributed by atoms with E-state index in [1.165, 1.54) is 20.9 Å². The number of nitrogens with zero attached hydrogens (tertiary/aromatic N) is 6. The summed E-state index contributed by atoms with van der Waals surface area (Å²) in [5.74, 6) is -1.67. The number of rotatable bonds is 16. The molecule has 8 rings (SSSR count). The maximum absolute atomic E-state index is 13.7. The summed E-state index contributed by atoms with van der Waals surface area (Å²) in [6.45, 7) is 0.468. The average molecular weight is 910 g/mol. The van der Waals surface area contributed by atoms with Gasteiger partial charge < -0.3 is 25.0 Å². The molecule has 3 N–H and O–H groups in total. The Balaban J connectivity index is 0.899. The summed E-state index contributed by atoms with van der Waals surface area (Å²) in [6.07, 6.45) is 2.13. The minimum atomic E-state index is -0.996. The Labute approximate surface area is 373 Å². The van der Waals surface area contributed by atoms with Crippen LogP contribution in [-0.2, 0) is 38.8 Å². The molecule has 62 heavy (non-hydrogen) atoms. The molecule has 1 atom stereocenters. The van der Waals surface area contributed by atoms with Crippen LogP contribution in [0.4, 0.5) is 11.4 Å². The third-order valence-corrected chi connectivity index (χ3v) is 11.5. The molecule has 314 valence electrons. The Morgan fingerprint density at radius 2 is 1.81 bits per heavy atom. The second-order valence-electron chi connectivity index (χ2n) is 13.9. The number of ether oxygens (including phenoxy) is 1. The van der Waals surface area contributed by atoms with Crippen molar-refractivity contribution in [2.45, 2.75) is 32.0 Å². The fourth-order valence-corrected chi connectivity index (χ4v) is 8.24. The standard InChI is InChI=1S/C44H35Cl3N8O6S/c45-23-37(56)55(42(36-11-6-20-62-36)44(59)48-18-16-26-7-2-1-3-8-26)29-13-15-35(32(47)22-29)60-25-28-24-54(53-51-28)19-17-38(57)61-52-40-31-21-27(46)12-14-34(31)49-41(40)39-30-9-4-5-10-33(30)50-43(39)58/h1-15,20-22,24,42,50,58H,16-19,23,25H2,(H,48,59)/b52-40+. The SMILES string of the molecule is O=C(CCn1cc(COc2ccc(N(C(=O)CCl)C(C(=O)NCCc3ccccc3)c3cccs3)cc2Cl)nn1)O/N=C1/C(c2c(O)[nH]c3ccccc23)=Nc2ccc(Cl)cc21. The van der Waals surface area contributed by atoms with Crippen molar-refractivity contribution in [3.8, 4) is 11.6 Å². The molecule has 0 bridgehead atoms. The second kappa shape index (κ2) is 19.0. The maximum Gasteiger partial charge on any atom is 0.336 e. The smallest absolute Gasteiger partial charge is 0.336 e. The van der Waals surface area contributed by atoms with Crippen LogP contribution in [0.2, 0.25) is 10.0 Å². The van der Waals surface area contributed by atoms with Gasteiger partial charge in [-0.05, 0) is 65.9 Å². The molecular weight excluding hydrogens is 875 g/mol. The monoisotopic (exact) mass is 908 g/mol. The number of aliphatic imine (C=N–C) groups is 1. The lowest BCUT2D eigenvalue weighted by Crippen LogP contribution is -2.44. The number of aromatic nitrogens is 4. The van der Waals surface area contributed by atoms with Crippen molar-refractivity contribution in [3.63, 3.8) is 0 Å². The Bertz CT molecular complexity index is 2830. The van der Waals surface area contributed by atoms with E-state index < -0.39 is 17.9 Å². The highest BCUT2D eigenvalue weighted by atomic mass is 35.5. The van der Waals surface area contributed by atoms with E-state index in [1.54, 1.807) is 48.7 Å². The van der Waals surface area contributed by atoms with E-state index in [2.05, 4.69) is 30.8 Å². The summed E-state index contributed by atoms with van der Waals surface area (Å²) < 4.78 is 7.43. The maximum atomic E-state index is 13.7. The van der Waals surface area contributed by atoms with Gasteiger partial charge in [-0.3, -0.25) is 19.2 Å². The molecule has 2 amide bonds. The van der Waals surface area contributed by atoms with Gasteiger partial charge in [0, 0.05) is 38.6 Å². The number of carbonyl (C=O) groups is 3. The van der Waals surface area contributed by atoms with Gasteiger partial charge in [0.1, 0.15) is 41.4 Å². The molecule has 0 radical (unpaired) electrons. The van der Waals surface area contributed by atoms with Crippen LogP contribution in [0.1, 0.15) is 39.7 Å². The number of carbonyl (C=O) groups excluding carboxylic acids is 3. The van der Waals surface area contributed by atoms with Gasteiger partial charge in [-0.1, -0.05) is 88.2 Å². The zero-order valence-electron chi connectivity index (χ0n) is 32.5. The Morgan fingerprint density at radius 3 is 2.60 bits per heavy atom. The van der Waals surface area contributed by atoms with Crippen molar-refractivity contribution < 1.29 is 29.1 Å². The van der Waals surface area contributed by atoms with E-state index in [1.807, 2.05) is 66.0 Å². The number of halogens is 3. The minimum Gasteiger partial charge on any atom is -0.494 e. The van der Waals surface area contributed by atoms with E-state index in [-0.39, 0.29) is 48.0 Å². The number of amides is 2. The second-order valence-corrected chi connectivity index (χ2v) is 16.0. The molecule has 0 spiro atoms. The number of aromatic hydroxyl groups is 1. The lowest BCUT2D eigenvalue weighted by Gasteiger charge is -2.30. The number of thiophene rings is 1. The first kappa shape index (κ1) is 42.2. The Kier molecular flexibility index (Phi) is 12.9. The number of alkyl halides is 1. The minimum absolute atomic E-state index is 0.0199. The van der Waals surface area contributed by atoms with Crippen LogP contribution >= 0.6 is 46.1 Å². The van der Waals surface area contributed by atoms with Crippen molar-refractivity contribution in [2.75, 3.05) is 17.3 Å². The normalized spacial score (nSPS) is 13.1. The van der Waals surface area contributed by atoms with E-state index >= 15 is 0 Å². The van der Waals surface area contributed by atoms with Gasteiger partial charge in [0.25, 0.3) is 0 Å². The molecule has 18 heteroatoms. The molecule has 1 unspecified atom stereocenters. The van der Waals surface area contributed by atoms with Gasteiger partial charge in [0.2, 0.25) is 11.8 Å². The fourth-order valence-electron chi connectivity index (χ4n) is 6.89. The van der Waals surface area contributed by atoms with Crippen LogP contribution in [0.15, 0.2) is 125 Å². The highest BCUT2D eigenvalue weighted by molar-refractivity contribution is 7.10. The fraction of sp³-hybridized carbons (Fsp3) is 0.159. The van der Waals surface area contributed by atoms with Gasteiger partial charge in [-0.15, -0.1) is 28.0 Å². The number of aryl methyl sites for hydroxylation is 1. The first-order valence-electron chi connectivity index (χ1n) is 19.2. The number of H-pyrrole nitrogens is 1. The highest BCUT2D eigenvalue weighted by Gasteiger charge is 2.34. The van der Waals surface area contributed by atoms with Crippen LogP contribution < -0.4 is 15.0 Å². The lowest BCUT2D eigenvalue weighted by molar-refractivity contribution is -0.144. The van der Waals surface area contributed by atoms with Crippen LogP contribution in [0.25, 0.3) is 10.9 Å². The molecular formula is C44H35Cl3N8O6S. The number of anilines is 1. The average Bonchev–Trinajstić information content (AvgIpc) is 4.10. The molecule has 0 fully saturated rings. The summed E-state index contributed by atoms with van der Waals surface area (Å²) >= 11 is 20.4. The Hall–Kier alpha value is -6.52. The van der Waals surface area contributed by atoms with E-state index in [0.717, 1.165) is 5.56 Å². The number of benzene rings is 4. The van der Waals surface area contributed by atoms with Crippen molar-refractivity contribution in [1.29, 1.82) is 0 Å². The molecule has 1 aliphatic rings. The number of aromatic amines is 1. The highest BCUT2D eigenvalue weighted by Crippen LogP contribution is 2.38. The number of nitrogens with one attached hydrogen (secondary N) is 2. The number of hydrogen-bond donors (Lipinski definition) is 3.